The van der Waals surface area contributed by atoms with Crippen LogP contribution in [-0.4, -0.2) is 68.0 Å². The number of benzene rings is 2. The molecule has 186 valence electrons. The van der Waals surface area contributed by atoms with E-state index in [1.54, 1.807) is 30.3 Å². The third-order valence-electron chi connectivity index (χ3n) is 6.40. The number of ketones is 1. The van der Waals surface area contributed by atoms with E-state index in [4.69, 9.17) is 4.74 Å². The van der Waals surface area contributed by atoms with Crippen molar-refractivity contribution in [2.75, 3.05) is 18.9 Å². The number of hydrogen-bond donors (Lipinski definition) is 1. The van der Waals surface area contributed by atoms with Crippen molar-refractivity contribution in [3.8, 4) is 0 Å². The van der Waals surface area contributed by atoms with E-state index in [9.17, 15) is 22.8 Å². The Hall–Kier alpha value is -3.04. The lowest BCUT2D eigenvalue weighted by molar-refractivity contribution is -0.143. The van der Waals surface area contributed by atoms with Gasteiger partial charge < -0.3 is 15.0 Å². The summed E-state index contributed by atoms with van der Waals surface area (Å²) >= 11 is 0. The maximum Gasteiger partial charge on any atom is 0.246 e. The first-order valence-electron chi connectivity index (χ1n) is 11.8. The molecule has 2 heterocycles. The normalized spacial score (nSPS) is 20.8. The third-order valence-corrected chi connectivity index (χ3v) is 8.01. The molecule has 2 aliphatic rings. The molecule has 3 atom stereocenters. The molecule has 2 aromatic carbocycles. The lowest BCUT2D eigenvalue weighted by Gasteiger charge is -2.37. The summed E-state index contributed by atoms with van der Waals surface area (Å²) in [6.07, 6.45) is 1.51. The number of fused-ring (bicyclic) bond motifs is 1. The Morgan fingerprint density at radius 2 is 1.69 bits per heavy atom. The average molecular weight is 499 g/mol. The molecule has 35 heavy (non-hydrogen) atoms. The second kappa shape index (κ2) is 11.1. The second-order valence-electron chi connectivity index (χ2n) is 9.08. The third kappa shape index (κ3) is 6.55. The number of ether oxygens (including phenoxy) is 1. The van der Waals surface area contributed by atoms with Gasteiger partial charge in [-0.25, -0.2) is 8.42 Å². The SMILES string of the molecule is O=C(CCc1ccccc1)NC(CS(=O)(=O)Cc1ccccc1)C(=O)N1CCCC2OCC(=O)C21. The number of sulfone groups is 1. The number of amides is 2. The van der Waals surface area contributed by atoms with Gasteiger partial charge in [-0.15, -0.1) is 0 Å². The van der Waals surface area contributed by atoms with Crippen LogP contribution in [0.2, 0.25) is 0 Å². The monoisotopic (exact) mass is 498 g/mol. The van der Waals surface area contributed by atoms with Crippen molar-refractivity contribution in [2.45, 2.75) is 49.6 Å². The van der Waals surface area contributed by atoms with Crippen LogP contribution < -0.4 is 5.32 Å². The van der Waals surface area contributed by atoms with Gasteiger partial charge in [-0.05, 0) is 30.4 Å². The fraction of sp³-hybridized carbons (Fsp3) is 0.423. The number of aryl methyl sites for hydroxylation is 1. The second-order valence-corrected chi connectivity index (χ2v) is 11.2. The fourth-order valence-corrected chi connectivity index (χ4v) is 6.27. The highest BCUT2D eigenvalue weighted by atomic mass is 32.2. The molecule has 9 heteroatoms. The van der Waals surface area contributed by atoms with Gasteiger partial charge in [-0.2, -0.15) is 0 Å². The van der Waals surface area contributed by atoms with Crippen molar-refractivity contribution in [3.05, 3.63) is 71.8 Å². The maximum absolute atomic E-state index is 13.6. The van der Waals surface area contributed by atoms with Crippen LogP contribution in [0.3, 0.4) is 0 Å². The molecule has 2 amide bonds. The minimum absolute atomic E-state index is 0.0560. The Morgan fingerprint density at radius 3 is 2.37 bits per heavy atom. The van der Waals surface area contributed by atoms with E-state index in [1.807, 2.05) is 30.3 Å². The quantitative estimate of drug-likeness (QED) is 0.563. The molecule has 2 aliphatic heterocycles. The zero-order chi connectivity index (χ0) is 24.8. The van der Waals surface area contributed by atoms with Crippen LogP contribution in [-0.2, 0) is 41.1 Å². The molecule has 0 spiro atoms. The molecule has 0 bridgehead atoms. The average Bonchev–Trinajstić information content (AvgIpc) is 3.24. The standard InChI is InChI=1S/C26H30N2O6S/c29-22-16-34-23-12-7-15-28(25(22)23)26(31)21(18-35(32,33)17-20-10-5-2-6-11-20)27-24(30)14-13-19-8-3-1-4-9-19/h1-6,8-11,21,23,25H,7,12-18H2,(H,27,30). The summed E-state index contributed by atoms with van der Waals surface area (Å²) in [6, 6.07) is 16.1. The van der Waals surface area contributed by atoms with E-state index in [0.29, 0.717) is 31.4 Å². The number of likely N-dealkylation sites (tertiary alicyclic amines) is 1. The minimum Gasteiger partial charge on any atom is -0.368 e. The van der Waals surface area contributed by atoms with Crippen LogP contribution in [0.5, 0.6) is 0 Å². The zero-order valence-corrected chi connectivity index (χ0v) is 20.3. The molecular formula is C26H30N2O6S. The number of nitrogens with one attached hydrogen (secondary N) is 1. The van der Waals surface area contributed by atoms with E-state index in [2.05, 4.69) is 5.32 Å². The molecule has 1 N–H and O–H groups in total. The smallest absolute Gasteiger partial charge is 0.246 e. The van der Waals surface area contributed by atoms with Crippen LogP contribution in [0, 0.1) is 0 Å². The number of piperidine rings is 1. The summed E-state index contributed by atoms with van der Waals surface area (Å²) in [5.41, 5.74) is 1.57. The molecule has 0 aromatic heterocycles. The maximum atomic E-state index is 13.6. The van der Waals surface area contributed by atoms with Crippen LogP contribution in [0.4, 0.5) is 0 Å². The van der Waals surface area contributed by atoms with Gasteiger partial charge in [0.05, 0.1) is 17.6 Å². The topological polar surface area (TPSA) is 110 Å². The zero-order valence-electron chi connectivity index (χ0n) is 19.5. The Balaban J connectivity index is 1.50. The number of rotatable bonds is 9. The van der Waals surface area contributed by atoms with Crippen molar-refractivity contribution >= 4 is 27.4 Å². The number of Topliss-reactive ketones (excluding diaryl/α,β-unsaturated/α-hetero) is 1. The molecule has 2 saturated heterocycles. The van der Waals surface area contributed by atoms with Crippen molar-refractivity contribution in [1.82, 2.24) is 10.2 Å². The first-order chi connectivity index (χ1) is 16.8. The number of carbonyl (C=O) groups is 3. The molecule has 3 unspecified atom stereocenters. The van der Waals surface area contributed by atoms with Crippen molar-refractivity contribution in [3.63, 3.8) is 0 Å². The van der Waals surface area contributed by atoms with E-state index in [1.165, 1.54) is 4.90 Å². The first kappa shape index (κ1) is 25.1. The number of nitrogens with zero attached hydrogens (tertiary/aromatic N) is 1. The van der Waals surface area contributed by atoms with E-state index in [0.717, 1.165) is 5.56 Å². The largest absolute Gasteiger partial charge is 0.368 e. The molecule has 0 saturated carbocycles. The van der Waals surface area contributed by atoms with Crippen molar-refractivity contribution in [2.24, 2.45) is 0 Å². The van der Waals surface area contributed by atoms with E-state index >= 15 is 0 Å². The lowest BCUT2D eigenvalue weighted by atomic mass is 9.97. The minimum atomic E-state index is -3.74. The Bertz CT molecular complexity index is 1150. The van der Waals surface area contributed by atoms with Gasteiger partial charge in [0.2, 0.25) is 11.8 Å². The van der Waals surface area contributed by atoms with Crippen molar-refractivity contribution < 1.29 is 27.5 Å². The van der Waals surface area contributed by atoms with E-state index < -0.39 is 39.5 Å². The highest BCUT2D eigenvalue weighted by molar-refractivity contribution is 7.90. The van der Waals surface area contributed by atoms with Crippen LogP contribution in [0.15, 0.2) is 60.7 Å². The summed E-state index contributed by atoms with van der Waals surface area (Å²) in [4.78, 5) is 40.2. The highest BCUT2D eigenvalue weighted by Gasteiger charge is 2.46. The Kier molecular flexibility index (Phi) is 7.97. The van der Waals surface area contributed by atoms with Gasteiger partial charge in [0.25, 0.3) is 0 Å². The highest BCUT2D eigenvalue weighted by Crippen LogP contribution is 2.27. The summed E-state index contributed by atoms with van der Waals surface area (Å²) in [7, 11) is -3.74. The molecular weight excluding hydrogens is 468 g/mol. The molecule has 0 aliphatic carbocycles. The number of hydrogen-bond acceptors (Lipinski definition) is 6. The Labute approximate surface area is 205 Å². The van der Waals surface area contributed by atoms with Crippen LogP contribution in [0.25, 0.3) is 0 Å². The summed E-state index contributed by atoms with van der Waals surface area (Å²) < 4.78 is 31.6. The number of carbonyl (C=O) groups excluding carboxylic acids is 3. The molecule has 8 nitrogen and oxygen atoms in total. The van der Waals surface area contributed by atoms with Crippen molar-refractivity contribution in [1.29, 1.82) is 0 Å². The van der Waals surface area contributed by atoms with Crippen LogP contribution in [0.1, 0.15) is 30.4 Å². The van der Waals surface area contributed by atoms with Gasteiger partial charge >= 0.3 is 0 Å². The first-order valence-corrected chi connectivity index (χ1v) is 13.7. The molecule has 4 rings (SSSR count). The van der Waals surface area contributed by atoms with Gasteiger partial charge in [0.15, 0.2) is 15.6 Å². The summed E-state index contributed by atoms with van der Waals surface area (Å²) in [5, 5.41) is 2.66. The summed E-state index contributed by atoms with van der Waals surface area (Å²) in [5.74, 6) is -1.94. The summed E-state index contributed by atoms with van der Waals surface area (Å²) in [6.45, 7) is 0.268. The predicted molar refractivity (Wildman–Crippen MR) is 130 cm³/mol. The predicted octanol–water partition coefficient (Wildman–Crippen LogP) is 1.68. The molecule has 0 radical (unpaired) electrons. The Morgan fingerprint density at radius 1 is 1.03 bits per heavy atom. The van der Waals surface area contributed by atoms with E-state index in [-0.39, 0.29) is 30.7 Å². The molecule has 2 aromatic rings. The van der Waals surface area contributed by atoms with Gasteiger partial charge in [0.1, 0.15) is 18.7 Å². The van der Waals surface area contributed by atoms with Gasteiger partial charge in [-0.3, -0.25) is 14.4 Å². The van der Waals surface area contributed by atoms with Gasteiger partial charge in [-0.1, -0.05) is 60.7 Å². The van der Waals surface area contributed by atoms with Gasteiger partial charge in [0, 0.05) is 13.0 Å². The molecule has 2 fully saturated rings. The van der Waals surface area contributed by atoms with Crippen LogP contribution >= 0.6 is 0 Å². The fourth-order valence-electron chi connectivity index (χ4n) is 4.72. The lowest BCUT2D eigenvalue weighted by Crippen LogP contribution is -2.59.